The lowest BCUT2D eigenvalue weighted by Crippen LogP contribution is -2.26. The number of carbonyl (C=O) groups is 2. The number of amides is 2. The van der Waals surface area contributed by atoms with E-state index in [1.54, 1.807) is 18.3 Å². The van der Waals surface area contributed by atoms with Crippen LogP contribution >= 0.6 is 23.2 Å². The van der Waals surface area contributed by atoms with Crippen LogP contribution in [0, 0.1) is 0 Å². The van der Waals surface area contributed by atoms with Crippen LogP contribution in [0.3, 0.4) is 0 Å². The summed E-state index contributed by atoms with van der Waals surface area (Å²) < 4.78 is 0. The van der Waals surface area contributed by atoms with E-state index >= 15 is 0 Å². The minimum absolute atomic E-state index is 0.359. The number of para-hydroxylation sites is 1. The maximum absolute atomic E-state index is 12.7. The average Bonchev–Trinajstić information content (AvgIpc) is 3.27. The van der Waals surface area contributed by atoms with Gasteiger partial charge in [-0.3, -0.25) is 14.9 Å². The van der Waals surface area contributed by atoms with Crippen LogP contribution in [-0.2, 0) is 9.59 Å². The summed E-state index contributed by atoms with van der Waals surface area (Å²) >= 11 is 12.6. The van der Waals surface area contributed by atoms with Crippen LogP contribution in [0.5, 0.6) is 0 Å². The van der Waals surface area contributed by atoms with Gasteiger partial charge in [0.05, 0.1) is 11.5 Å². The summed E-state index contributed by atoms with van der Waals surface area (Å²) in [7, 11) is 0. The number of aromatic amines is 1. The lowest BCUT2D eigenvalue weighted by molar-refractivity contribution is -0.123. The van der Waals surface area contributed by atoms with Gasteiger partial charge in [0.1, 0.15) is 5.50 Å². The number of imide groups is 1. The molecule has 0 saturated carbocycles. The molecule has 3 aromatic rings. The van der Waals surface area contributed by atoms with Crippen molar-refractivity contribution in [1.29, 1.82) is 0 Å². The Balaban J connectivity index is 1.76. The Bertz CT molecular complexity index is 1160. The first-order valence-electron chi connectivity index (χ1n) is 8.41. The van der Waals surface area contributed by atoms with Crippen LogP contribution in [0.4, 0.5) is 5.69 Å². The molecule has 2 aliphatic rings. The quantitative estimate of drug-likeness (QED) is 0.347. The number of anilines is 1. The summed E-state index contributed by atoms with van der Waals surface area (Å²) in [6.07, 6.45) is 1.76. The Morgan fingerprint density at radius 2 is 1.81 bits per heavy atom. The third-order valence-corrected chi connectivity index (χ3v) is 5.67. The van der Waals surface area contributed by atoms with E-state index < -0.39 is 23.2 Å². The second-order valence-electron chi connectivity index (χ2n) is 6.58. The van der Waals surface area contributed by atoms with E-state index in [1.807, 2.05) is 30.3 Å². The first-order chi connectivity index (χ1) is 13.0. The number of fused-ring (bicyclic) bond motifs is 2. The molecule has 134 valence electrons. The Kier molecular flexibility index (Phi) is 3.57. The van der Waals surface area contributed by atoms with Gasteiger partial charge in [-0.1, -0.05) is 47.5 Å². The molecule has 0 aliphatic carbocycles. The summed E-state index contributed by atoms with van der Waals surface area (Å²) in [5.74, 6) is -1.29. The van der Waals surface area contributed by atoms with E-state index in [1.165, 1.54) is 0 Å². The third kappa shape index (κ3) is 2.39. The predicted octanol–water partition coefficient (Wildman–Crippen LogP) is 4.01. The van der Waals surface area contributed by atoms with Crippen LogP contribution in [0.1, 0.15) is 17.0 Å². The number of rotatable bonds is 2. The molecule has 0 saturated heterocycles. The fourth-order valence-corrected chi connectivity index (χ4v) is 4.48. The summed E-state index contributed by atoms with van der Waals surface area (Å²) in [6, 6.07) is 13.0. The summed E-state index contributed by atoms with van der Waals surface area (Å²) in [5, 5.41) is 7.03. The second-order valence-corrected chi connectivity index (χ2v) is 7.48. The molecule has 0 fully saturated rings. The SMILES string of the molecule is O=C1NC(=O)C(C2c3ccc(Cl)cc3NC2Cl)=C1c1c[nH]c2ccccc12. The van der Waals surface area contributed by atoms with E-state index in [0.717, 1.165) is 22.2 Å². The maximum atomic E-state index is 12.7. The number of benzene rings is 2. The van der Waals surface area contributed by atoms with Crippen molar-refractivity contribution in [1.82, 2.24) is 10.3 Å². The summed E-state index contributed by atoms with van der Waals surface area (Å²) in [6.45, 7) is 0. The molecular formula is C20H13Cl2N3O2. The molecule has 3 N–H and O–H groups in total. The zero-order chi connectivity index (χ0) is 18.7. The second kappa shape index (κ2) is 5.87. The molecule has 0 spiro atoms. The fourth-order valence-electron chi connectivity index (χ4n) is 3.93. The standard InChI is InChI=1S/C20H13Cl2N3O2/c21-9-5-6-11-14(7-9)24-18(22)15(11)17-16(19(26)25-20(17)27)12-8-23-13-4-2-1-3-10(12)13/h1-8,15,18,23-24H,(H,25,26,27). The van der Waals surface area contributed by atoms with Crippen molar-refractivity contribution in [2.75, 3.05) is 5.32 Å². The lowest BCUT2D eigenvalue weighted by Gasteiger charge is -2.16. The minimum atomic E-state index is -0.565. The molecule has 2 aliphatic heterocycles. The van der Waals surface area contributed by atoms with E-state index in [-0.39, 0.29) is 0 Å². The van der Waals surface area contributed by atoms with Gasteiger partial charge in [-0.25, -0.2) is 0 Å². The average molecular weight is 398 g/mol. The monoisotopic (exact) mass is 397 g/mol. The van der Waals surface area contributed by atoms with Gasteiger partial charge < -0.3 is 10.3 Å². The zero-order valence-electron chi connectivity index (χ0n) is 13.8. The minimum Gasteiger partial charge on any atom is -0.368 e. The number of H-pyrrole nitrogens is 1. The van der Waals surface area contributed by atoms with Crippen LogP contribution < -0.4 is 10.6 Å². The van der Waals surface area contributed by atoms with Gasteiger partial charge in [-0.15, -0.1) is 0 Å². The molecule has 2 atom stereocenters. The fraction of sp³-hybridized carbons (Fsp3) is 0.100. The van der Waals surface area contributed by atoms with Crippen LogP contribution in [-0.4, -0.2) is 22.3 Å². The van der Waals surface area contributed by atoms with Crippen molar-refractivity contribution in [3.05, 3.63) is 70.4 Å². The van der Waals surface area contributed by atoms with Crippen molar-refractivity contribution in [3.63, 3.8) is 0 Å². The predicted molar refractivity (Wildman–Crippen MR) is 106 cm³/mol. The zero-order valence-corrected chi connectivity index (χ0v) is 15.4. The van der Waals surface area contributed by atoms with Crippen molar-refractivity contribution in [2.24, 2.45) is 0 Å². The molecule has 5 nitrogen and oxygen atoms in total. The first-order valence-corrected chi connectivity index (χ1v) is 9.22. The van der Waals surface area contributed by atoms with Crippen molar-refractivity contribution >= 4 is 57.2 Å². The van der Waals surface area contributed by atoms with Crippen molar-refractivity contribution in [2.45, 2.75) is 11.4 Å². The molecule has 2 aromatic carbocycles. The molecule has 5 rings (SSSR count). The normalized spacial score (nSPS) is 21.6. The van der Waals surface area contributed by atoms with E-state index in [9.17, 15) is 9.59 Å². The van der Waals surface area contributed by atoms with Crippen LogP contribution in [0.25, 0.3) is 16.5 Å². The van der Waals surface area contributed by atoms with E-state index in [4.69, 9.17) is 23.2 Å². The highest BCUT2D eigenvalue weighted by Gasteiger charge is 2.43. The highest BCUT2D eigenvalue weighted by molar-refractivity contribution is 6.38. The Morgan fingerprint density at radius 1 is 1.00 bits per heavy atom. The molecule has 3 heterocycles. The van der Waals surface area contributed by atoms with Crippen molar-refractivity contribution < 1.29 is 9.59 Å². The Morgan fingerprint density at radius 3 is 2.67 bits per heavy atom. The number of nitrogens with one attached hydrogen (secondary N) is 3. The molecule has 0 bridgehead atoms. The Hall–Kier alpha value is -2.76. The molecule has 0 radical (unpaired) electrons. The molecular weight excluding hydrogens is 385 g/mol. The first kappa shape index (κ1) is 16.4. The smallest absolute Gasteiger partial charge is 0.259 e. The lowest BCUT2D eigenvalue weighted by atomic mass is 9.87. The third-order valence-electron chi connectivity index (χ3n) is 5.07. The van der Waals surface area contributed by atoms with Crippen LogP contribution in [0.15, 0.2) is 54.2 Å². The van der Waals surface area contributed by atoms with Gasteiger partial charge >= 0.3 is 0 Å². The maximum Gasteiger partial charge on any atom is 0.259 e. The van der Waals surface area contributed by atoms with Crippen molar-refractivity contribution in [3.8, 4) is 0 Å². The molecule has 2 unspecified atom stereocenters. The number of halogens is 2. The largest absolute Gasteiger partial charge is 0.368 e. The van der Waals surface area contributed by atoms with E-state index in [2.05, 4.69) is 15.6 Å². The number of carbonyl (C=O) groups excluding carboxylic acids is 2. The number of hydrogen-bond acceptors (Lipinski definition) is 3. The summed E-state index contributed by atoms with van der Waals surface area (Å²) in [4.78, 5) is 28.6. The molecule has 7 heteroatoms. The van der Waals surface area contributed by atoms with Crippen LogP contribution in [0.2, 0.25) is 5.02 Å². The van der Waals surface area contributed by atoms with E-state index in [0.29, 0.717) is 21.7 Å². The molecule has 2 amide bonds. The Labute approximate surface area is 164 Å². The van der Waals surface area contributed by atoms with Gasteiger partial charge in [0.2, 0.25) is 0 Å². The number of alkyl halides is 1. The van der Waals surface area contributed by atoms with Gasteiger partial charge in [-0.05, 0) is 23.8 Å². The van der Waals surface area contributed by atoms with Gasteiger partial charge in [-0.2, -0.15) is 0 Å². The van der Waals surface area contributed by atoms with Gasteiger partial charge in [0.15, 0.2) is 0 Å². The molecule has 1 aromatic heterocycles. The highest BCUT2D eigenvalue weighted by atomic mass is 35.5. The van der Waals surface area contributed by atoms with Gasteiger partial charge in [0, 0.05) is 38.9 Å². The number of hydrogen-bond donors (Lipinski definition) is 3. The summed E-state index contributed by atoms with van der Waals surface area (Å²) in [5.41, 5.74) is 3.37. The number of aromatic nitrogens is 1. The molecule has 27 heavy (non-hydrogen) atoms. The highest BCUT2D eigenvalue weighted by Crippen LogP contribution is 2.47. The van der Waals surface area contributed by atoms with Gasteiger partial charge in [0.25, 0.3) is 11.8 Å². The topological polar surface area (TPSA) is 74.0 Å².